The van der Waals surface area contributed by atoms with Crippen molar-refractivity contribution >= 4 is 29.0 Å². The van der Waals surface area contributed by atoms with E-state index in [0.29, 0.717) is 5.16 Å². The van der Waals surface area contributed by atoms with E-state index in [9.17, 15) is 4.79 Å². The lowest BCUT2D eigenvalue weighted by Crippen LogP contribution is -2.44. The molecule has 1 aromatic heterocycles. The van der Waals surface area contributed by atoms with E-state index in [1.54, 1.807) is 4.68 Å². The third-order valence-electron chi connectivity index (χ3n) is 5.39. The van der Waals surface area contributed by atoms with Gasteiger partial charge in [0.05, 0.1) is 11.4 Å². The smallest absolute Gasteiger partial charge is 0.234 e. The van der Waals surface area contributed by atoms with Crippen LogP contribution in [0.4, 0.5) is 11.4 Å². The molecule has 8 nitrogen and oxygen atoms in total. The van der Waals surface area contributed by atoms with E-state index in [0.717, 1.165) is 48.7 Å². The molecule has 4 rings (SSSR count). The first-order chi connectivity index (χ1) is 15.0. The number of nitrogens with one attached hydrogen (secondary N) is 1. The van der Waals surface area contributed by atoms with E-state index < -0.39 is 0 Å². The van der Waals surface area contributed by atoms with Crippen LogP contribution in [-0.4, -0.2) is 70.0 Å². The van der Waals surface area contributed by atoms with Crippen LogP contribution in [0.3, 0.4) is 0 Å². The number of hydrogen-bond donors (Lipinski definition) is 1. The second-order valence-electron chi connectivity index (χ2n) is 7.84. The number of benzene rings is 2. The summed E-state index contributed by atoms with van der Waals surface area (Å²) in [5.74, 6) is 0.138. The molecule has 1 aliphatic heterocycles. The van der Waals surface area contributed by atoms with Crippen LogP contribution in [0.25, 0.3) is 5.69 Å². The Kier molecular flexibility index (Phi) is 6.53. The molecule has 1 amide bonds. The van der Waals surface area contributed by atoms with Crippen molar-refractivity contribution in [2.45, 2.75) is 19.0 Å². The van der Waals surface area contributed by atoms with Crippen LogP contribution < -0.4 is 10.2 Å². The summed E-state index contributed by atoms with van der Waals surface area (Å²) in [7, 11) is 2.15. The van der Waals surface area contributed by atoms with Gasteiger partial charge in [0, 0.05) is 37.6 Å². The van der Waals surface area contributed by atoms with E-state index in [4.69, 9.17) is 0 Å². The predicted molar refractivity (Wildman–Crippen MR) is 124 cm³/mol. The van der Waals surface area contributed by atoms with Crippen LogP contribution in [0.5, 0.6) is 0 Å². The third kappa shape index (κ3) is 5.23. The van der Waals surface area contributed by atoms with Gasteiger partial charge in [0.2, 0.25) is 11.1 Å². The van der Waals surface area contributed by atoms with Crippen molar-refractivity contribution in [3.63, 3.8) is 0 Å². The lowest BCUT2D eigenvalue weighted by atomic mass is 10.1. The number of aromatic nitrogens is 4. The number of nitrogens with zero attached hydrogens (tertiary/aromatic N) is 6. The fourth-order valence-corrected chi connectivity index (χ4v) is 4.20. The molecule has 1 aliphatic rings. The van der Waals surface area contributed by atoms with Crippen molar-refractivity contribution < 1.29 is 4.79 Å². The zero-order valence-corrected chi connectivity index (χ0v) is 18.9. The molecule has 31 heavy (non-hydrogen) atoms. The normalized spacial score (nSPS) is 14.6. The molecule has 1 saturated heterocycles. The first-order valence-electron chi connectivity index (χ1n) is 10.3. The van der Waals surface area contributed by atoms with Crippen LogP contribution in [0, 0.1) is 13.8 Å². The van der Waals surface area contributed by atoms with Gasteiger partial charge in [-0.25, -0.2) is 0 Å². The van der Waals surface area contributed by atoms with Crippen molar-refractivity contribution in [1.82, 2.24) is 25.1 Å². The summed E-state index contributed by atoms with van der Waals surface area (Å²) < 4.78 is 1.69. The Balaban J connectivity index is 1.34. The Morgan fingerprint density at radius 1 is 1.06 bits per heavy atom. The number of tetrazole rings is 1. The van der Waals surface area contributed by atoms with Gasteiger partial charge in [0.1, 0.15) is 0 Å². The van der Waals surface area contributed by atoms with Crippen LogP contribution in [0.15, 0.2) is 47.6 Å². The van der Waals surface area contributed by atoms with E-state index in [1.807, 2.05) is 38.1 Å². The van der Waals surface area contributed by atoms with Crippen LogP contribution in [-0.2, 0) is 4.79 Å². The van der Waals surface area contributed by atoms with E-state index >= 15 is 0 Å². The summed E-state index contributed by atoms with van der Waals surface area (Å²) in [4.78, 5) is 17.2. The number of carbonyl (C=O) groups excluding carboxylic acids is 1. The van der Waals surface area contributed by atoms with Crippen molar-refractivity contribution in [3.05, 3.63) is 53.6 Å². The van der Waals surface area contributed by atoms with Gasteiger partial charge in [-0.2, -0.15) is 4.68 Å². The number of aryl methyl sites for hydroxylation is 2. The van der Waals surface area contributed by atoms with Gasteiger partial charge in [-0.1, -0.05) is 23.9 Å². The van der Waals surface area contributed by atoms with Gasteiger partial charge in [-0.05, 0) is 72.8 Å². The maximum absolute atomic E-state index is 12.5. The molecule has 0 spiro atoms. The lowest BCUT2D eigenvalue weighted by Gasteiger charge is -2.34. The maximum Gasteiger partial charge on any atom is 0.234 e. The second-order valence-corrected chi connectivity index (χ2v) is 8.78. The summed E-state index contributed by atoms with van der Waals surface area (Å²) in [5.41, 5.74) is 5.10. The molecular formula is C22H27N7OS. The Morgan fingerprint density at radius 2 is 1.81 bits per heavy atom. The first kappa shape index (κ1) is 21.3. The van der Waals surface area contributed by atoms with Crippen LogP contribution >= 0.6 is 11.8 Å². The molecular weight excluding hydrogens is 410 g/mol. The molecule has 0 saturated carbocycles. The van der Waals surface area contributed by atoms with Crippen molar-refractivity contribution in [2.75, 3.05) is 49.2 Å². The van der Waals surface area contributed by atoms with Gasteiger partial charge in [-0.3, -0.25) is 4.79 Å². The molecule has 0 bridgehead atoms. The minimum atomic E-state index is -0.0899. The lowest BCUT2D eigenvalue weighted by molar-refractivity contribution is -0.113. The zero-order valence-electron chi connectivity index (χ0n) is 18.1. The average Bonchev–Trinajstić information content (AvgIpc) is 3.23. The number of anilines is 2. The molecule has 0 radical (unpaired) electrons. The fourth-order valence-electron chi connectivity index (χ4n) is 3.52. The molecule has 0 atom stereocenters. The fraction of sp³-hybridized carbons (Fsp3) is 0.364. The summed E-state index contributed by atoms with van der Waals surface area (Å²) in [6.07, 6.45) is 0. The van der Waals surface area contributed by atoms with Crippen LogP contribution in [0.2, 0.25) is 0 Å². The Morgan fingerprint density at radius 3 is 2.55 bits per heavy atom. The molecule has 9 heteroatoms. The average molecular weight is 438 g/mol. The third-order valence-corrected chi connectivity index (χ3v) is 6.30. The largest absolute Gasteiger partial charge is 0.369 e. The molecule has 3 aromatic rings. The Labute approximate surface area is 186 Å². The summed E-state index contributed by atoms with van der Waals surface area (Å²) in [6.45, 7) is 8.22. The van der Waals surface area contributed by atoms with Crippen molar-refractivity contribution in [1.29, 1.82) is 0 Å². The Hall–Kier alpha value is -2.91. The Bertz CT molecular complexity index is 1040. The van der Waals surface area contributed by atoms with E-state index in [-0.39, 0.29) is 11.7 Å². The highest BCUT2D eigenvalue weighted by molar-refractivity contribution is 7.99. The predicted octanol–water partition coefficient (Wildman–Crippen LogP) is 2.76. The molecule has 162 valence electrons. The van der Waals surface area contributed by atoms with Gasteiger partial charge < -0.3 is 15.1 Å². The van der Waals surface area contributed by atoms with Gasteiger partial charge in [0.15, 0.2) is 0 Å². The number of carbonyl (C=O) groups is 1. The van der Waals surface area contributed by atoms with Gasteiger partial charge in [0.25, 0.3) is 0 Å². The number of thioether (sulfide) groups is 1. The minimum Gasteiger partial charge on any atom is -0.369 e. The molecule has 2 heterocycles. The standard InChI is InChI=1S/C22H27N7OS/c1-16-4-5-17(2)20(14-16)29-22(24-25-26-29)31-15-21(30)23-18-6-8-19(9-7-18)28-12-10-27(3)11-13-28/h4-9,14H,10-13,15H2,1-3H3,(H,23,30). The second kappa shape index (κ2) is 9.49. The zero-order chi connectivity index (χ0) is 21.8. The van der Waals surface area contributed by atoms with E-state index in [2.05, 4.69) is 55.9 Å². The summed E-state index contributed by atoms with van der Waals surface area (Å²) in [5, 5.41) is 15.5. The quantitative estimate of drug-likeness (QED) is 0.594. The summed E-state index contributed by atoms with van der Waals surface area (Å²) >= 11 is 1.32. The molecule has 1 N–H and O–H groups in total. The summed E-state index contributed by atoms with van der Waals surface area (Å²) in [6, 6.07) is 14.2. The highest BCUT2D eigenvalue weighted by Crippen LogP contribution is 2.23. The number of rotatable bonds is 6. The number of hydrogen-bond acceptors (Lipinski definition) is 7. The minimum absolute atomic E-state index is 0.0899. The maximum atomic E-state index is 12.5. The monoisotopic (exact) mass is 437 g/mol. The van der Waals surface area contributed by atoms with Gasteiger partial charge >= 0.3 is 0 Å². The van der Waals surface area contributed by atoms with Crippen LogP contribution in [0.1, 0.15) is 11.1 Å². The molecule has 2 aromatic carbocycles. The SMILES string of the molecule is Cc1ccc(C)c(-n2nnnc2SCC(=O)Nc2ccc(N3CCN(C)CC3)cc2)c1. The van der Waals surface area contributed by atoms with Crippen molar-refractivity contribution in [2.24, 2.45) is 0 Å². The highest BCUT2D eigenvalue weighted by atomic mass is 32.2. The number of piperazine rings is 1. The molecule has 1 fully saturated rings. The molecule has 0 aliphatic carbocycles. The van der Waals surface area contributed by atoms with E-state index in [1.165, 1.54) is 17.4 Å². The van der Waals surface area contributed by atoms with Gasteiger partial charge in [-0.15, -0.1) is 5.10 Å². The number of likely N-dealkylation sites (N-methyl/N-ethyl adjacent to an activating group) is 1. The number of amides is 1. The molecule has 0 unspecified atom stereocenters. The highest BCUT2D eigenvalue weighted by Gasteiger charge is 2.15. The van der Waals surface area contributed by atoms with Crippen molar-refractivity contribution in [3.8, 4) is 5.69 Å². The first-order valence-corrected chi connectivity index (χ1v) is 11.3. The topological polar surface area (TPSA) is 79.2 Å².